The summed E-state index contributed by atoms with van der Waals surface area (Å²) in [5.74, 6) is 0.000455. The number of anilines is 1. The lowest BCUT2D eigenvalue weighted by Crippen LogP contribution is -2.32. The number of hydrogen-bond donors (Lipinski definition) is 2. The van der Waals surface area contributed by atoms with E-state index in [-0.39, 0.29) is 11.9 Å². The molecule has 0 aliphatic carbocycles. The van der Waals surface area contributed by atoms with Gasteiger partial charge in [-0.05, 0) is 44.0 Å². The maximum absolute atomic E-state index is 12.1. The molecule has 106 valence electrons. The molecule has 3 N–H and O–H groups in total. The number of nitrogens with one attached hydrogen (secondary N) is 1. The Morgan fingerprint density at radius 1 is 1.32 bits per heavy atom. The van der Waals surface area contributed by atoms with Crippen molar-refractivity contribution in [2.75, 3.05) is 5.73 Å². The van der Waals surface area contributed by atoms with Crippen LogP contribution in [0.25, 0.3) is 0 Å². The smallest absolute Gasteiger partial charge is 0.251 e. The molecule has 0 saturated heterocycles. The topological polar surface area (TPSA) is 55.1 Å². The van der Waals surface area contributed by atoms with E-state index in [9.17, 15) is 4.79 Å². The monoisotopic (exact) mass is 262 g/mol. The number of benzene rings is 1. The van der Waals surface area contributed by atoms with E-state index in [4.69, 9.17) is 5.73 Å². The molecule has 1 rings (SSSR count). The first-order valence-corrected chi connectivity index (χ1v) is 7.21. The van der Waals surface area contributed by atoms with Gasteiger partial charge in [0.1, 0.15) is 0 Å². The Hall–Kier alpha value is -1.51. The lowest BCUT2D eigenvalue weighted by Gasteiger charge is -2.15. The van der Waals surface area contributed by atoms with Crippen molar-refractivity contribution in [3.63, 3.8) is 0 Å². The van der Waals surface area contributed by atoms with Crippen molar-refractivity contribution in [1.29, 1.82) is 0 Å². The minimum absolute atomic E-state index is 0.000455. The predicted octanol–water partition coefficient (Wildman–Crippen LogP) is 3.67. The minimum Gasteiger partial charge on any atom is -0.399 e. The van der Waals surface area contributed by atoms with Gasteiger partial charge in [0.2, 0.25) is 0 Å². The van der Waals surface area contributed by atoms with E-state index in [1.165, 1.54) is 25.7 Å². The fourth-order valence-electron chi connectivity index (χ4n) is 2.19. The summed E-state index contributed by atoms with van der Waals surface area (Å²) in [6, 6.07) is 5.62. The van der Waals surface area contributed by atoms with Crippen LogP contribution in [0.4, 0.5) is 5.69 Å². The van der Waals surface area contributed by atoms with Gasteiger partial charge < -0.3 is 11.1 Å². The summed E-state index contributed by atoms with van der Waals surface area (Å²) in [6.45, 7) is 6.18. The molecule has 1 unspecified atom stereocenters. The van der Waals surface area contributed by atoms with Crippen LogP contribution in [-0.4, -0.2) is 11.9 Å². The van der Waals surface area contributed by atoms with Gasteiger partial charge in [-0.15, -0.1) is 0 Å². The summed E-state index contributed by atoms with van der Waals surface area (Å²) in [6.07, 6.45) is 5.98. The van der Waals surface area contributed by atoms with Crippen molar-refractivity contribution in [3.8, 4) is 0 Å². The Kier molecular flexibility index (Phi) is 6.40. The van der Waals surface area contributed by atoms with Gasteiger partial charge in [-0.25, -0.2) is 0 Å². The van der Waals surface area contributed by atoms with E-state index >= 15 is 0 Å². The SMILES string of the molecule is CCCCCCC(C)NC(=O)c1ccc(N)cc1C. The Morgan fingerprint density at radius 2 is 2.05 bits per heavy atom. The highest BCUT2D eigenvalue weighted by Gasteiger charge is 2.11. The molecular weight excluding hydrogens is 236 g/mol. The second kappa shape index (κ2) is 7.82. The van der Waals surface area contributed by atoms with Gasteiger partial charge in [0.25, 0.3) is 5.91 Å². The second-order valence-corrected chi connectivity index (χ2v) is 5.30. The molecular formula is C16H26N2O. The molecule has 0 bridgehead atoms. The van der Waals surface area contributed by atoms with Crippen LogP contribution in [0.1, 0.15) is 61.9 Å². The van der Waals surface area contributed by atoms with Crippen molar-refractivity contribution in [1.82, 2.24) is 5.32 Å². The molecule has 3 heteroatoms. The zero-order valence-electron chi connectivity index (χ0n) is 12.3. The third-order valence-corrected chi connectivity index (χ3v) is 3.36. The van der Waals surface area contributed by atoms with Gasteiger partial charge in [-0.3, -0.25) is 4.79 Å². The largest absolute Gasteiger partial charge is 0.399 e. The molecule has 0 aliphatic rings. The van der Waals surface area contributed by atoms with Gasteiger partial charge in [0, 0.05) is 17.3 Å². The third kappa shape index (κ3) is 5.33. The van der Waals surface area contributed by atoms with Crippen molar-refractivity contribution >= 4 is 11.6 Å². The van der Waals surface area contributed by atoms with Gasteiger partial charge >= 0.3 is 0 Å². The minimum atomic E-state index is 0.000455. The first-order chi connectivity index (χ1) is 9.04. The fourth-order valence-corrected chi connectivity index (χ4v) is 2.19. The molecule has 0 aliphatic heterocycles. The second-order valence-electron chi connectivity index (χ2n) is 5.30. The first kappa shape index (κ1) is 15.5. The number of carbonyl (C=O) groups is 1. The molecule has 1 aromatic rings. The molecule has 1 aromatic carbocycles. The Bertz CT molecular complexity index is 415. The van der Waals surface area contributed by atoms with E-state index in [0.717, 1.165) is 17.5 Å². The molecule has 3 nitrogen and oxygen atoms in total. The summed E-state index contributed by atoms with van der Waals surface area (Å²) < 4.78 is 0. The van der Waals surface area contributed by atoms with Gasteiger partial charge in [0.05, 0.1) is 0 Å². The van der Waals surface area contributed by atoms with E-state index < -0.39 is 0 Å². The lowest BCUT2D eigenvalue weighted by atomic mass is 10.1. The number of nitrogens with two attached hydrogens (primary N) is 1. The number of carbonyl (C=O) groups excluding carboxylic acids is 1. The molecule has 1 amide bonds. The van der Waals surface area contributed by atoms with E-state index in [0.29, 0.717) is 5.69 Å². The maximum Gasteiger partial charge on any atom is 0.251 e. The van der Waals surface area contributed by atoms with Crippen LogP contribution in [0.15, 0.2) is 18.2 Å². The Balaban J connectivity index is 2.45. The Morgan fingerprint density at radius 3 is 2.68 bits per heavy atom. The number of unbranched alkanes of at least 4 members (excludes halogenated alkanes) is 3. The number of aryl methyl sites for hydroxylation is 1. The van der Waals surface area contributed by atoms with Crippen LogP contribution in [0.3, 0.4) is 0 Å². The normalized spacial score (nSPS) is 12.2. The van der Waals surface area contributed by atoms with Crippen LogP contribution in [-0.2, 0) is 0 Å². The first-order valence-electron chi connectivity index (χ1n) is 7.21. The zero-order chi connectivity index (χ0) is 14.3. The van der Waals surface area contributed by atoms with E-state index in [1.54, 1.807) is 12.1 Å². The lowest BCUT2D eigenvalue weighted by molar-refractivity contribution is 0.0937. The number of rotatable bonds is 7. The molecule has 0 heterocycles. The molecule has 0 radical (unpaired) electrons. The molecule has 0 aromatic heterocycles. The summed E-state index contributed by atoms with van der Waals surface area (Å²) in [5.41, 5.74) is 8.03. The highest BCUT2D eigenvalue weighted by molar-refractivity contribution is 5.96. The van der Waals surface area contributed by atoms with Gasteiger partial charge in [0.15, 0.2) is 0 Å². The maximum atomic E-state index is 12.1. The molecule has 0 saturated carbocycles. The van der Waals surface area contributed by atoms with Crippen LogP contribution in [0.2, 0.25) is 0 Å². The summed E-state index contributed by atoms with van der Waals surface area (Å²) >= 11 is 0. The highest BCUT2D eigenvalue weighted by atomic mass is 16.1. The molecule has 19 heavy (non-hydrogen) atoms. The standard InChI is InChI=1S/C16H26N2O/c1-4-5-6-7-8-13(3)18-16(19)15-10-9-14(17)11-12(15)2/h9-11,13H,4-8,17H2,1-3H3,(H,18,19). The highest BCUT2D eigenvalue weighted by Crippen LogP contribution is 2.13. The quantitative estimate of drug-likeness (QED) is 0.582. The van der Waals surface area contributed by atoms with Crippen LogP contribution in [0.5, 0.6) is 0 Å². The summed E-state index contributed by atoms with van der Waals surface area (Å²) in [4.78, 5) is 12.1. The Labute approximate surface area is 116 Å². The number of amides is 1. The van der Waals surface area contributed by atoms with Crippen molar-refractivity contribution in [2.24, 2.45) is 0 Å². The molecule has 1 atom stereocenters. The average molecular weight is 262 g/mol. The van der Waals surface area contributed by atoms with Crippen LogP contribution in [0, 0.1) is 6.92 Å². The third-order valence-electron chi connectivity index (χ3n) is 3.36. The van der Waals surface area contributed by atoms with Crippen molar-refractivity contribution < 1.29 is 4.79 Å². The van der Waals surface area contributed by atoms with Crippen molar-refractivity contribution in [3.05, 3.63) is 29.3 Å². The summed E-state index contributed by atoms with van der Waals surface area (Å²) in [5, 5.41) is 3.05. The predicted molar refractivity (Wildman–Crippen MR) is 81.3 cm³/mol. The van der Waals surface area contributed by atoms with Crippen LogP contribution < -0.4 is 11.1 Å². The van der Waals surface area contributed by atoms with Gasteiger partial charge in [-0.1, -0.05) is 32.6 Å². The fraction of sp³-hybridized carbons (Fsp3) is 0.562. The van der Waals surface area contributed by atoms with E-state index in [2.05, 4.69) is 19.2 Å². The van der Waals surface area contributed by atoms with Gasteiger partial charge in [-0.2, -0.15) is 0 Å². The zero-order valence-corrected chi connectivity index (χ0v) is 12.3. The molecule has 0 spiro atoms. The van der Waals surface area contributed by atoms with Crippen LogP contribution >= 0.6 is 0 Å². The molecule has 0 fully saturated rings. The van der Waals surface area contributed by atoms with E-state index in [1.807, 2.05) is 13.0 Å². The number of hydrogen-bond acceptors (Lipinski definition) is 2. The number of nitrogen functional groups attached to an aromatic ring is 1. The summed E-state index contributed by atoms with van der Waals surface area (Å²) in [7, 11) is 0. The average Bonchev–Trinajstić information content (AvgIpc) is 2.34. The van der Waals surface area contributed by atoms with Crippen molar-refractivity contribution in [2.45, 2.75) is 58.9 Å².